The molecule has 0 bridgehead atoms. The monoisotopic (exact) mass is 248 g/mol. The van der Waals surface area contributed by atoms with E-state index in [1.165, 1.54) is 14.2 Å². The molecule has 0 radical (unpaired) electrons. The highest BCUT2D eigenvalue weighted by molar-refractivity contribution is 7.62. The highest BCUT2D eigenvalue weighted by Crippen LogP contribution is 2.47. The Bertz CT molecular complexity index is 409. The summed E-state index contributed by atoms with van der Waals surface area (Å²) in [6.45, 7) is 3.86. The van der Waals surface area contributed by atoms with Crippen LogP contribution in [-0.4, -0.2) is 14.2 Å². The Hall–Kier alpha value is -0.340. The van der Waals surface area contributed by atoms with Gasteiger partial charge in [-0.25, -0.2) is 0 Å². The number of hydrogen-bond donors (Lipinski definition) is 0. The van der Waals surface area contributed by atoms with Crippen LogP contribution in [0.2, 0.25) is 5.02 Å². The van der Waals surface area contributed by atoms with E-state index in [0.717, 1.165) is 11.1 Å². The Morgan fingerprint density at radius 2 is 1.60 bits per heavy atom. The highest BCUT2D eigenvalue weighted by atomic mass is 35.5. The van der Waals surface area contributed by atoms with Gasteiger partial charge in [0, 0.05) is 14.2 Å². The zero-order valence-electron chi connectivity index (χ0n) is 9.20. The third kappa shape index (κ3) is 2.43. The van der Waals surface area contributed by atoms with Crippen molar-refractivity contribution in [3.8, 4) is 0 Å². The van der Waals surface area contributed by atoms with Crippen LogP contribution < -0.4 is 5.30 Å². The minimum absolute atomic E-state index is 0.408. The normalized spacial score (nSPS) is 11.8. The molecular weight excluding hydrogens is 235 g/mol. The molecule has 3 nitrogen and oxygen atoms in total. The van der Waals surface area contributed by atoms with E-state index >= 15 is 0 Å². The maximum Gasteiger partial charge on any atom is 0.362 e. The van der Waals surface area contributed by atoms with Crippen molar-refractivity contribution in [3.05, 3.63) is 28.3 Å². The van der Waals surface area contributed by atoms with Crippen LogP contribution in [0.15, 0.2) is 12.1 Å². The summed E-state index contributed by atoms with van der Waals surface area (Å²) in [6, 6.07) is 3.50. The van der Waals surface area contributed by atoms with Gasteiger partial charge < -0.3 is 9.05 Å². The first-order valence-corrected chi connectivity index (χ1v) is 6.35. The van der Waals surface area contributed by atoms with Crippen LogP contribution >= 0.6 is 19.2 Å². The van der Waals surface area contributed by atoms with Gasteiger partial charge >= 0.3 is 7.60 Å². The van der Waals surface area contributed by atoms with Crippen LogP contribution in [0.3, 0.4) is 0 Å². The molecule has 0 spiro atoms. The fourth-order valence-corrected chi connectivity index (χ4v) is 3.00. The number of benzene rings is 1. The van der Waals surface area contributed by atoms with E-state index in [2.05, 4.69) is 0 Å². The maximum absolute atomic E-state index is 12.1. The first-order valence-electron chi connectivity index (χ1n) is 4.43. The van der Waals surface area contributed by atoms with Crippen molar-refractivity contribution >= 4 is 24.5 Å². The van der Waals surface area contributed by atoms with E-state index in [4.69, 9.17) is 20.6 Å². The summed E-state index contributed by atoms with van der Waals surface area (Å²) in [5, 5.41) is 0.822. The molecule has 15 heavy (non-hydrogen) atoms. The molecule has 0 aromatic heterocycles. The molecule has 0 heterocycles. The van der Waals surface area contributed by atoms with Gasteiger partial charge in [0.25, 0.3) is 0 Å². The molecule has 5 heteroatoms. The van der Waals surface area contributed by atoms with E-state index in [9.17, 15) is 4.57 Å². The summed E-state index contributed by atoms with van der Waals surface area (Å²) in [4.78, 5) is 0. The SMILES string of the molecule is COP(=O)(OC)c1cc(C)c(C)cc1Cl. The molecule has 0 unspecified atom stereocenters. The summed E-state index contributed by atoms with van der Waals surface area (Å²) in [5.74, 6) is 0. The summed E-state index contributed by atoms with van der Waals surface area (Å²) < 4.78 is 21.9. The van der Waals surface area contributed by atoms with E-state index < -0.39 is 7.60 Å². The second-order valence-corrected chi connectivity index (χ2v) is 5.86. The Balaban J connectivity index is 3.38. The number of aryl methyl sites for hydroxylation is 2. The molecule has 84 valence electrons. The molecule has 0 aliphatic rings. The molecule has 0 atom stereocenters. The van der Waals surface area contributed by atoms with Gasteiger partial charge in [0.1, 0.15) is 0 Å². The van der Waals surface area contributed by atoms with Crippen LogP contribution in [0, 0.1) is 13.8 Å². The minimum Gasteiger partial charge on any atom is -0.309 e. The quantitative estimate of drug-likeness (QED) is 0.771. The second-order valence-electron chi connectivity index (χ2n) is 3.25. The molecular formula is C10H14ClO3P. The minimum atomic E-state index is -3.25. The average Bonchev–Trinajstić information content (AvgIpc) is 2.22. The summed E-state index contributed by atoms with van der Waals surface area (Å²) in [7, 11) is -0.564. The second kappa shape index (κ2) is 4.67. The predicted octanol–water partition coefficient (Wildman–Crippen LogP) is 3.07. The standard InChI is InChI=1S/C10H14ClO3P/c1-7-5-9(11)10(6-8(7)2)15(12,13-3)14-4/h5-6H,1-4H3. The van der Waals surface area contributed by atoms with Gasteiger partial charge in [0.05, 0.1) is 10.3 Å². The fourth-order valence-electron chi connectivity index (χ4n) is 1.25. The number of halogens is 1. The molecule has 0 fully saturated rings. The van der Waals surface area contributed by atoms with Gasteiger partial charge in [-0.15, -0.1) is 0 Å². The van der Waals surface area contributed by atoms with Gasteiger partial charge in [-0.3, -0.25) is 4.57 Å². The highest BCUT2D eigenvalue weighted by Gasteiger charge is 2.27. The molecule has 1 aromatic rings. The fraction of sp³-hybridized carbons (Fsp3) is 0.400. The molecule has 0 amide bonds. The third-order valence-corrected chi connectivity index (χ3v) is 4.70. The van der Waals surface area contributed by atoms with Crippen LogP contribution in [-0.2, 0) is 13.6 Å². The Labute approximate surface area is 94.9 Å². The average molecular weight is 249 g/mol. The largest absolute Gasteiger partial charge is 0.362 e. The molecule has 1 rings (SSSR count). The maximum atomic E-state index is 12.1. The Morgan fingerprint density at radius 1 is 1.13 bits per heavy atom. The van der Waals surface area contributed by atoms with Crippen molar-refractivity contribution in [2.45, 2.75) is 13.8 Å². The van der Waals surface area contributed by atoms with Crippen LogP contribution in [0.1, 0.15) is 11.1 Å². The molecule has 0 aliphatic heterocycles. The van der Waals surface area contributed by atoms with Gasteiger partial charge in [-0.05, 0) is 37.1 Å². The number of rotatable bonds is 3. The predicted molar refractivity (Wildman–Crippen MR) is 62.2 cm³/mol. The van der Waals surface area contributed by atoms with Crippen LogP contribution in [0.4, 0.5) is 0 Å². The lowest BCUT2D eigenvalue weighted by atomic mass is 10.1. The van der Waals surface area contributed by atoms with Crippen LogP contribution in [0.25, 0.3) is 0 Å². The van der Waals surface area contributed by atoms with Gasteiger partial charge in [-0.2, -0.15) is 0 Å². The van der Waals surface area contributed by atoms with Crippen molar-refractivity contribution in [2.75, 3.05) is 14.2 Å². The first kappa shape index (κ1) is 12.7. The van der Waals surface area contributed by atoms with Crippen molar-refractivity contribution in [2.24, 2.45) is 0 Å². The number of hydrogen-bond acceptors (Lipinski definition) is 3. The molecule has 0 aliphatic carbocycles. The zero-order valence-corrected chi connectivity index (χ0v) is 10.9. The van der Waals surface area contributed by atoms with Gasteiger partial charge in [0.2, 0.25) is 0 Å². The van der Waals surface area contributed by atoms with Crippen molar-refractivity contribution in [1.82, 2.24) is 0 Å². The van der Waals surface area contributed by atoms with Crippen molar-refractivity contribution < 1.29 is 13.6 Å². The van der Waals surface area contributed by atoms with Crippen LogP contribution in [0.5, 0.6) is 0 Å². The Morgan fingerprint density at radius 3 is 2.07 bits per heavy atom. The lowest BCUT2D eigenvalue weighted by Crippen LogP contribution is -2.10. The lowest BCUT2D eigenvalue weighted by molar-refractivity contribution is 0.287. The lowest BCUT2D eigenvalue weighted by Gasteiger charge is -2.16. The zero-order chi connectivity index (χ0) is 11.6. The van der Waals surface area contributed by atoms with E-state index in [1.807, 2.05) is 13.8 Å². The van der Waals surface area contributed by atoms with Crippen molar-refractivity contribution in [3.63, 3.8) is 0 Å². The summed E-state index contributed by atoms with van der Waals surface area (Å²) in [6.07, 6.45) is 0. The molecule has 1 aromatic carbocycles. The van der Waals surface area contributed by atoms with E-state index in [-0.39, 0.29) is 0 Å². The summed E-state index contributed by atoms with van der Waals surface area (Å²) in [5.41, 5.74) is 2.05. The molecule has 0 N–H and O–H groups in total. The molecule has 0 saturated carbocycles. The smallest absolute Gasteiger partial charge is 0.309 e. The molecule has 0 saturated heterocycles. The topological polar surface area (TPSA) is 35.5 Å². The van der Waals surface area contributed by atoms with Crippen molar-refractivity contribution in [1.29, 1.82) is 0 Å². The summed E-state index contributed by atoms with van der Waals surface area (Å²) >= 11 is 6.01. The van der Waals surface area contributed by atoms with Gasteiger partial charge in [-0.1, -0.05) is 11.6 Å². The Kier molecular flexibility index (Phi) is 3.96. The van der Waals surface area contributed by atoms with E-state index in [0.29, 0.717) is 10.3 Å². The van der Waals surface area contributed by atoms with E-state index in [1.54, 1.807) is 12.1 Å². The first-order chi connectivity index (χ1) is 6.94. The van der Waals surface area contributed by atoms with Gasteiger partial charge in [0.15, 0.2) is 0 Å². The third-order valence-electron chi connectivity index (χ3n) is 2.34.